The first-order valence-electron chi connectivity index (χ1n) is 8.03. The number of hydrogen-bond acceptors (Lipinski definition) is 2. The summed E-state index contributed by atoms with van der Waals surface area (Å²) in [7, 11) is 0. The molecule has 0 radical (unpaired) electrons. The molecule has 0 N–H and O–H groups in total. The first kappa shape index (κ1) is 20.0. The van der Waals surface area contributed by atoms with Crippen LogP contribution in [0.5, 0.6) is 0 Å². The molecule has 23 heavy (non-hydrogen) atoms. The Morgan fingerprint density at radius 2 is 1.70 bits per heavy atom. The summed E-state index contributed by atoms with van der Waals surface area (Å²) in [4.78, 5) is 11.0. The minimum absolute atomic E-state index is 0. The number of benzene rings is 2. The van der Waals surface area contributed by atoms with Crippen molar-refractivity contribution in [2.24, 2.45) is 0 Å². The zero-order valence-electron chi connectivity index (χ0n) is 14.2. The van der Waals surface area contributed by atoms with E-state index in [0.29, 0.717) is 0 Å². The molecule has 2 nitrogen and oxygen atoms in total. The Labute approximate surface area is 161 Å². The van der Waals surface area contributed by atoms with Gasteiger partial charge in [0.25, 0.3) is 0 Å². The molecule has 2 aromatic rings. The summed E-state index contributed by atoms with van der Waals surface area (Å²) in [5, 5.41) is 11.0. The summed E-state index contributed by atoms with van der Waals surface area (Å²) >= 11 is 0. The number of carboxylic acids is 1. The van der Waals surface area contributed by atoms with Gasteiger partial charge in [-0.2, -0.15) is 0 Å². The molecule has 0 atom stereocenters. The third-order valence-electron chi connectivity index (χ3n) is 3.91. The molecular weight excluding hydrogens is 295 g/mol. The summed E-state index contributed by atoms with van der Waals surface area (Å²) in [6, 6.07) is 16.4. The van der Waals surface area contributed by atoms with Gasteiger partial charge in [-0.25, -0.2) is 0 Å². The van der Waals surface area contributed by atoms with Crippen LogP contribution in [0.15, 0.2) is 48.5 Å². The SMILES string of the molecule is CCCCCc1ccc(Cc2ccccc2)c(CC(=O)[O-])c1.[Na+]. The number of carbonyl (C=O) groups is 1. The van der Waals surface area contributed by atoms with Crippen LogP contribution in [0, 0.1) is 0 Å². The minimum atomic E-state index is -1.01. The van der Waals surface area contributed by atoms with Crippen molar-refractivity contribution < 1.29 is 39.5 Å². The number of rotatable bonds is 8. The maximum atomic E-state index is 11.0. The largest absolute Gasteiger partial charge is 1.00 e. The second-order valence-electron chi connectivity index (χ2n) is 5.77. The summed E-state index contributed by atoms with van der Waals surface area (Å²) in [5.41, 5.74) is 4.38. The van der Waals surface area contributed by atoms with Gasteiger partial charge in [0.05, 0.1) is 0 Å². The predicted octanol–water partition coefficient (Wildman–Crippen LogP) is 0.306. The maximum absolute atomic E-state index is 11.0. The van der Waals surface area contributed by atoms with Crippen molar-refractivity contribution in [2.75, 3.05) is 0 Å². The molecule has 116 valence electrons. The molecule has 0 amide bonds. The van der Waals surface area contributed by atoms with Gasteiger partial charge in [0.1, 0.15) is 0 Å². The van der Waals surface area contributed by atoms with E-state index in [0.717, 1.165) is 30.4 Å². The van der Waals surface area contributed by atoms with Gasteiger partial charge in [-0.05, 0) is 41.5 Å². The van der Waals surface area contributed by atoms with Crippen molar-refractivity contribution in [3.8, 4) is 0 Å². The topological polar surface area (TPSA) is 40.1 Å². The zero-order valence-corrected chi connectivity index (χ0v) is 16.2. The summed E-state index contributed by atoms with van der Waals surface area (Å²) in [6.45, 7) is 2.19. The number of carbonyl (C=O) groups excluding carboxylic acids is 1. The Morgan fingerprint density at radius 3 is 2.35 bits per heavy atom. The van der Waals surface area contributed by atoms with Gasteiger partial charge >= 0.3 is 29.6 Å². The third kappa shape index (κ3) is 6.90. The average Bonchev–Trinajstić information content (AvgIpc) is 2.50. The van der Waals surface area contributed by atoms with E-state index in [9.17, 15) is 9.90 Å². The second-order valence-corrected chi connectivity index (χ2v) is 5.77. The number of aryl methyl sites for hydroxylation is 1. The normalized spacial score (nSPS) is 10.1. The van der Waals surface area contributed by atoms with Gasteiger partial charge in [-0.3, -0.25) is 0 Å². The van der Waals surface area contributed by atoms with Crippen molar-refractivity contribution in [3.63, 3.8) is 0 Å². The van der Waals surface area contributed by atoms with Crippen LogP contribution in [0.4, 0.5) is 0 Å². The number of hydrogen-bond donors (Lipinski definition) is 0. The Balaban J connectivity index is 0.00000264. The molecule has 0 aliphatic rings. The summed E-state index contributed by atoms with van der Waals surface area (Å²) < 4.78 is 0. The number of aliphatic carboxylic acids is 1. The fraction of sp³-hybridized carbons (Fsp3) is 0.350. The van der Waals surface area contributed by atoms with Gasteiger partial charge in [0.15, 0.2) is 0 Å². The van der Waals surface area contributed by atoms with Gasteiger partial charge in [-0.15, -0.1) is 0 Å². The molecule has 0 heterocycles. The Bertz CT molecular complexity index is 608. The molecule has 0 aliphatic heterocycles. The minimum Gasteiger partial charge on any atom is -0.550 e. The van der Waals surface area contributed by atoms with Gasteiger partial charge in [0.2, 0.25) is 0 Å². The molecule has 0 unspecified atom stereocenters. The van der Waals surface area contributed by atoms with Crippen molar-refractivity contribution in [1.82, 2.24) is 0 Å². The molecule has 2 rings (SSSR count). The molecule has 0 bridgehead atoms. The van der Waals surface area contributed by atoms with Gasteiger partial charge in [-0.1, -0.05) is 68.3 Å². The molecule has 3 heteroatoms. The van der Waals surface area contributed by atoms with Crippen LogP contribution in [-0.4, -0.2) is 5.97 Å². The van der Waals surface area contributed by atoms with Crippen molar-refractivity contribution in [1.29, 1.82) is 0 Å². The van der Waals surface area contributed by atoms with E-state index < -0.39 is 5.97 Å². The van der Waals surface area contributed by atoms with Crippen LogP contribution in [-0.2, 0) is 24.1 Å². The number of carboxylic acid groups (broad SMARTS) is 1. The first-order valence-corrected chi connectivity index (χ1v) is 8.03. The molecule has 0 saturated carbocycles. The van der Waals surface area contributed by atoms with Crippen LogP contribution >= 0.6 is 0 Å². The van der Waals surface area contributed by atoms with Crippen molar-refractivity contribution in [2.45, 2.75) is 45.4 Å². The van der Waals surface area contributed by atoms with Crippen LogP contribution in [0.3, 0.4) is 0 Å². The van der Waals surface area contributed by atoms with Crippen LogP contribution in [0.2, 0.25) is 0 Å². The standard InChI is InChI=1S/C20H24O2.Na/c1-2-3-5-8-17-11-12-18(19(14-17)15-20(21)22)13-16-9-6-4-7-10-16;/h4,6-7,9-12,14H,2-3,5,8,13,15H2,1H3,(H,21,22);/q;+1/p-1. The molecule has 0 aliphatic carbocycles. The smallest absolute Gasteiger partial charge is 0.550 e. The van der Waals surface area contributed by atoms with Crippen LogP contribution < -0.4 is 34.7 Å². The Morgan fingerprint density at radius 1 is 0.957 bits per heavy atom. The molecule has 0 spiro atoms. The van der Waals surface area contributed by atoms with Crippen LogP contribution in [0.25, 0.3) is 0 Å². The Kier molecular flexibility index (Phi) is 9.23. The summed E-state index contributed by atoms with van der Waals surface area (Å²) in [5.74, 6) is -1.01. The van der Waals surface area contributed by atoms with Gasteiger partial charge in [0, 0.05) is 12.4 Å². The van der Waals surface area contributed by atoms with Crippen LogP contribution in [0.1, 0.15) is 48.4 Å². The maximum Gasteiger partial charge on any atom is 1.00 e. The first-order chi connectivity index (χ1) is 10.7. The predicted molar refractivity (Wildman–Crippen MR) is 87.6 cm³/mol. The molecule has 0 fully saturated rings. The molecular formula is C20H23NaO2. The fourth-order valence-electron chi connectivity index (χ4n) is 2.72. The molecule has 0 saturated heterocycles. The van der Waals surface area contributed by atoms with E-state index >= 15 is 0 Å². The molecule has 2 aromatic carbocycles. The fourth-order valence-corrected chi connectivity index (χ4v) is 2.72. The van der Waals surface area contributed by atoms with E-state index in [1.165, 1.54) is 24.0 Å². The third-order valence-corrected chi connectivity index (χ3v) is 3.91. The average molecular weight is 318 g/mol. The van der Waals surface area contributed by atoms with E-state index in [2.05, 4.69) is 31.2 Å². The van der Waals surface area contributed by atoms with E-state index in [4.69, 9.17) is 0 Å². The van der Waals surface area contributed by atoms with Gasteiger partial charge < -0.3 is 9.90 Å². The summed E-state index contributed by atoms with van der Waals surface area (Å²) in [6.07, 6.45) is 5.32. The Hall–Kier alpha value is -1.09. The second kappa shape index (κ2) is 10.6. The monoisotopic (exact) mass is 318 g/mol. The van der Waals surface area contributed by atoms with E-state index in [-0.39, 0.29) is 36.0 Å². The van der Waals surface area contributed by atoms with E-state index in [1.54, 1.807) is 0 Å². The molecule has 0 aromatic heterocycles. The number of unbranched alkanes of at least 4 members (excludes halogenated alkanes) is 2. The quantitative estimate of drug-likeness (QED) is 0.519. The van der Waals surface area contributed by atoms with E-state index in [1.807, 2.05) is 24.3 Å². The zero-order chi connectivity index (χ0) is 15.8. The van der Waals surface area contributed by atoms with Crippen molar-refractivity contribution >= 4 is 5.97 Å². The van der Waals surface area contributed by atoms with Crippen molar-refractivity contribution in [3.05, 3.63) is 70.8 Å².